The number of carbonyl (C=O) groups excluding carboxylic acids is 1. The van der Waals surface area contributed by atoms with E-state index in [-0.39, 0.29) is 19.1 Å². The SMILES string of the molecule is CCCCCCCCCCCCCCCCCCCCCC(O)C(COP(=O)(O)OCC[N+](C)(C)C)NC(=O)CCCCCCC. The van der Waals surface area contributed by atoms with Crippen molar-refractivity contribution in [2.24, 2.45) is 0 Å². The Kier molecular flexibility index (Phi) is 30.2. The fraction of sp³-hybridized carbons (Fsp3) is 0.973. The van der Waals surface area contributed by atoms with Gasteiger partial charge in [0.1, 0.15) is 13.2 Å². The summed E-state index contributed by atoms with van der Waals surface area (Å²) in [6.45, 7) is 4.80. The minimum atomic E-state index is -4.29. The van der Waals surface area contributed by atoms with Crippen LogP contribution in [0.25, 0.3) is 0 Å². The third-order valence-corrected chi connectivity index (χ3v) is 9.84. The molecule has 0 rings (SSSR count). The van der Waals surface area contributed by atoms with Gasteiger partial charge in [-0.1, -0.05) is 162 Å². The van der Waals surface area contributed by atoms with Crippen molar-refractivity contribution >= 4 is 13.7 Å². The van der Waals surface area contributed by atoms with Crippen LogP contribution in [-0.2, 0) is 18.4 Å². The third-order valence-electron chi connectivity index (χ3n) is 8.86. The number of hydrogen-bond donors (Lipinski definition) is 3. The molecule has 3 unspecified atom stereocenters. The predicted molar refractivity (Wildman–Crippen MR) is 194 cm³/mol. The lowest BCUT2D eigenvalue weighted by Crippen LogP contribution is -2.46. The van der Waals surface area contributed by atoms with Crippen LogP contribution in [-0.4, -0.2) is 73.4 Å². The zero-order valence-electron chi connectivity index (χ0n) is 31.1. The van der Waals surface area contributed by atoms with Crippen LogP contribution in [0, 0.1) is 0 Å². The molecule has 0 fully saturated rings. The van der Waals surface area contributed by atoms with Crippen LogP contribution in [0.15, 0.2) is 0 Å². The van der Waals surface area contributed by atoms with Gasteiger partial charge in [0.15, 0.2) is 0 Å². The van der Waals surface area contributed by atoms with Crippen LogP contribution in [0.5, 0.6) is 0 Å². The van der Waals surface area contributed by atoms with Gasteiger partial charge in [0, 0.05) is 6.42 Å². The van der Waals surface area contributed by atoms with E-state index in [1.54, 1.807) is 0 Å². The van der Waals surface area contributed by atoms with Gasteiger partial charge >= 0.3 is 7.82 Å². The molecule has 9 heteroatoms. The Morgan fingerprint density at radius 2 is 1.04 bits per heavy atom. The summed E-state index contributed by atoms with van der Waals surface area (Å²) in [5.41, 5.74) is 0. The molecule has 0 heterocycles. The largest absolute Gasteiger partial charge is 0.472 e. The first kappa shape index (κ1) is 45.5. The molecule has 46 heavy (non-hydrogen) atoms. The van der Waals surface area contributed by atoms with Gasteiger partial charge in [0.2, 0.25) is 5.91 Å². The van der Waals surface area contributed by atoms with E-state index in [0.717, 1.165) is 51.4 Å². The minimum absolute atomic E-state index is 0.0774. The lowest BCUT2D eigenvalue weighted by Gasteiger charge is -2.26. The fourth-order valence-electron chi connectivity index (χ4n) is 5.69. The van der Waals surface area contributed by atoms with E-state index in [1.807, 2.05) is 21.1 Å². The van der Waals surface area contributed by atoms with E-state index < -0.39 is 20.0 Å². The van der Waals surface area contributed by atoms with Crippen molar-refractivity contribution in [2.75, 3.05) is 40.9 Å². The number of rotatable bonds is 35. The third kappa shape index (κ3) is 32.1. The van der Waals surface area contributed by atoms with Crippen LogP contribution in [0.2, 0.25) is 0 Å². The predicted octanol–water partition coefficient (Wildman–Crippen LogP) is 9.85. The second-order valence-corrected chi connectivity index (χ2v) is 16.1. The van der Waals surface area contributed by atoms with E-state index in [4.69, 9.17) is 9.05 Å². The van der Waals surface area contributed by atoms with Gasteiger partial charge in [-0.25, -0.2) is 4.57 Å². The molecule has 276 valence electrons. The van der Waals surface area contributed by atoms with Crippen LogP contribution in [0.1, 0.15) is 181 Å². The highest BCUT2D eigenvalue weighted by Crippen LogP contribution is 2.43. The van der Waals surface area contributed by atoms with Crippen molar-refractivity contribution in [3.63, 3.8) is 0 Å². The van der Waals surface area contributed by atoms with E-state index >= 15 is 0 Å². The van der Waals surface area contributed by atoms with Gasteiger partial charge in [-0.15, -0.1) is 0 Å². The Bertz CT molecular complexity index is 733. The molecule has 0 saturated carbocycles. The van der Waals surface area contributed by atoms with Crippen LogP contribution in [0.4, 0.5) is 0 Å². The summed E-state index contributed by atoms with van der Waals surface area (Å²) in [6.07, 6.45) is 30.2. The average molecular weight is 678 g/mol. The second kappa shape index (κ2) is 30.6. The molecule has 0 aliphatic rings. The molecule has 8 nitrogen and oxygen atoms in total. The highest BCUT2D eigenvalue weighted by atomic mass is 31.2. The first-order valence-corrected chi connectivity index (χ1v) is 20.9. The Morgan fingerprint density at radius 3 is 1.46 bits per heavy atom. The molecule has 0 aliphatic heterocycles. The molecule has 0 aromatic heterocycles. The van der Waals surface area contributed by atoms with Gasteiger partial charge < -0.3 is 19.8 Å². The summed E-state index contributed by atoms with van der Waals surface area (Å²) in [7, 11) is 1.62. The van der Waals surface area contributed by atoms with Crippen molar-refractivity contribution in [3.05, 3.63) is 0 Å². The number of aliphatic hydroxyl groups excluding tert-OH is 1. The van der Waals surface area contributed by atoms with Crippen molar-refractivity contribution < 1.29 is 32.9 Å². The molecule has 0 spiro atoms. The van der Waals surface area contributed by atoms with Crippen LogP contribution >= 0.6 is 7.82 Å². The summed E-state index contributed by atoms with van der Waals surface area (Å²) in [4.78, 5) is 22.8. The van der Waals surface area contributed by atoms with Gasteiger partial charge in [-0.05, 0) is 12.8 Å². The molecule has 0 aromatic carbocycles. The molecule has 0 aliphatic carbocycles. The number of nitrogens with one attached hydrogen (secondary N) is 1. The smallest absolute Gasteiger partial charge is 0.391 e. The summed E-state index contributed by atoms with van der Waals surface area (Å²) in [5, 5.41) is 13.8. The molecule has 0 saturated heterocycles. The van der Waals surface area contributed by atoms with E-state index in [2.05, 4.69) is 19.2 Å². The Hall–Kier alpha value is -0.500. The topological polar surface area (TPSA) is 105 Å². The number of phosphoric acid groups is 1. The highest BCUT2D eigenvalue weighted by Gasteiger charge is 2.28. The second-order valence-electron chi connectivity index (χ2n) is 14.7. The quantitative estimate of drug-likeness (QED) is 0.0350. The molecule has 0 radical (unpaired) electrons. The highest BCUT2D eigenvalue weighted by molar-refractivity contribution is 7.47. The lowest BCUT2D eigenvalue weighted by molar-refractivity contribution is -0.870. The van der Waals surface area contributed by atoms with E-state index in [0.29, 0.717) is 23.9 Å². The summed E-state index contributed by atoms with van der Waals surface area (Å²) in [6, 6.07) is -0.749. The van der Waals surface area contributed by atoms with Crippen molar-refractivity contribution in [2.45, 2.75) is 193 Å². The first-order chi connectivity index (χ1) is 22.0. The normalized spacial score (nSPS) is 14.7. The number of hydrogen-bond acceptors (Lipinski definition) is 5. The van der Waals surface area contributed by atoms with E-state index in [9.17, 15) is 19.4 Å². The minimum Gasteiger partial charge on any atom is -0.391 e. The monoisotopic (exact) mass is 678 g/mol. The van der Waals surface area contributed by atoms with Crippen LogP contribution < -0.4 is 5.32 Å². The summed E-state index contributed by atoms with van der Waals surface area (Å²) < 4.78 is 23.4. The van der Waals surface area contributed by atoms with Gasteiger partial charge in [-0.3, -0.25) is 13.8 Å². The Morgan fingerprint density at radius 1 is 0.652 bits per heavy atom. The molecule has 1 amide bonds. The number of amides is 1. The standard InChI is InChI=1S/C37H77N2O6P/c1-6-8-10-12-13-14-15-16-17-18-19-20-21-22-23-24-25-27-28-30-36(40)35(38-37(41)31-29-26-11-9-7-2)34-45-46(42,43)44-33-32-39(3,4)5/h35-36,40H,6-34H2,1-5H3,(H-,38,41,42,43)/p+1. The van der Waals surface area contributed by atoms with Crippen molar-refractivity contribution in [3.8, 4) is 0 Å². The maximum absolute atomic E-state index is 12.6. The summed E-state index contributed by atoms with van der Waals surface area (Å²) >= 11 is 0. The molecular formula is C37H78N2O6P+. The average Bonchev–Trinajstić information content (AvgIpc) is 2.99. The Labute approximate surface area is 285 Å². The Balaban J connectivity index is 4.18. The molecule has 3 atom stereocenters. The molecular weight excluding hydrogens is 599 g/mol. The van der Waals surface area contributed by atoms with Crippen LogP contribution in [0.3, 0.4) is 0 Å². The number of aliphatic hydroxyl groups is 1. The van der Waals surface area contributed by atoms with Gasteiger partial charge in [0.05, 0.1) is 39.9 Å². The maximum atomic E-state index is 12.6. The maximum Gasteiger partial charge on any atom is 0.472 e. The number of carbonyl (C=O) groups is 1. The summed E-state index contributed by atoms with van der Waals surface area (Å²) in [5.74, 6) is -0.156. The first-order valence-electron chi connectivity index (χ1n) is 19.4. The van der Waals surface area contributed by atoms with Gasteiger partial charge in [-0.2, -0.15) is 0 Å². The number of unbranched alkanes of at least 4 members (excludes halogenated alkanes) is 22. The molecule has 0 aromatic rings. The number of phosphoric ester groups is 1. The number of likely N-dealkylation sites (N-methyl/N-ethyl adjacent to an activating group) is 1. The van der Waals surface area contributed by atoms with Crippen molar-refractivity contribution in [1.29, 1.82) is 0 Å². The fourth-order valence-corrected chi connectivity index (χ4v) is 6.43. The number of quaternary nitrogens is 1. The lowest BCUT2D eigenvalue weighted by atomic mass is 10.0. The number of nitrogens with zero attached hydrogens (tertiary/aromatic N) is 1. The van der Waals surface area contributed by atoms with Gasteiger partial charge in [0.25, 0.3) is 0 Å². The van der Waals surface area contributed by atoms with Crippen molar-refractivity contribution in [1.82, 2.24) is 5.32 Å². The van der Waals surface area contributed by atoms with E-state index in [1.165, 1.54) is 103 Å². The molecule has 0 bridgehead atoms. The zero-order chi connectivity index (χ0) is 34.4. The zero-order valence-corrected chi connectivity index (χ0v) is 32.0. The molecule has 3 N–H and O–H groups in total.